The van der Waals surface area contributed by atoms with Crippen molar-refractivity contribution in [3.63, 3.8) is 0 Å². The zero-order valence-electron chi connectivity index (χ0n) is 13.8. The lowest BCUT2D eigenvalue weighted by molar-refractivity contribution is -0.0787. The normalized spacial score (nSPS) is 19.5. The summed E-state index contributed by atoms with van der Waals surface area (Å²) in [6.45, 7) is 4.76. The van der Waals surface area contributed by atoms with E-state index in [1.165, 1.54) is 5.56 Å². The van der Waals surface area contributed by atoms with Gasteiger partial charge in [0, 0.05) is 36.6 Å². The molecule has 6 nitrogen and oxygen atoms in total. The van der Waals surface area contributed by atoms with Gasteiger partial charge in [-0.1, -0.05) is 18.2 Å². The van der Waals surface area contributed by atoms with E-state index in [4.69, 9.17) is 4.74 Å². The lowest BCUT2D eigenvalue weighted by atomic mass is 9.83. The summed E-state index contributed by atoms with van der Waals surface area (Å²) in [5.74, 6) is -0.00534. The van der Waals surface area contributed by atoms with Gasteiger partial charge in [0.1, 0.15) is 5.69 Å². The number of hydrogen-bond donors (Lipinski definition) is 2. The van der Waals surface area contributed by atoms with Crippen LogP contribution in [-0.4, -0.2) is 47.2 Å². The summed E-state index contributed by atoms with van der Waals surface area (Å²) in [6.07, 6.45) is 1.61. The first-order chi connectivity index (χ1) is 11.7. The van der Waals surface area contributed by atoms with E-state index >= 15 is 0 Å². The Bertz CT molecular complexity index is 747. The van der Waals surface area contributed by atoms with Crippen LogP contribution < -0.4 is 5.32 Å². The number of rotatable bonds is 1. The zero-order chi connectivity index (χ0) is 16.6. The molecule has 6 heteroatoms. The van der Waals surface area contributed by atoms with Crippen LogP contribution in [0.3, 0.4) is 0 Å². The van der Waals surface area contributed by atoms with Crippen molar-refractivity contribution < 1.29 is 9.53 Å². The maximum atomic E-state index is 12.6. The number of H-pyrrole nitrogens is 1. The smallest absolute Gasteiger partial charge is 0.274 e. The Labute approximate surface area is 141 Å². The monoisotopic (exact) mass is 326 g/mol. The van der Waals surface area contributed by atoms with Gasteiger partial charge in [-0.25, -0.2) is 0 Å². The van der Waals surface area contributed by atoms with Crippen molar-refractivity contribution >= 4 is 11.6 Å². The summed E-state index contributed by atoms with van der Waals surface area (Å²) in [6, 6.07) is 10.1. The van der Waals surface area contributed by atoms with Gasteiger partial charge in [-0.15, -0.1) is 0 Å². The minimum Gasteiger partial charge on any atom is -0.382 e. The minimum absolute atomic E-state index is 0.00534. The molecule has 126 valence electrons. The number of piperidine rings is 1. The lowest BCUT2D eigenvalue weighted by Crippen LogP contribution is -2.46. The second kappa shape index (κ2) is 5.94. The van der Waals surface area contributed by atoms with Crippen molar-refractivity contribution in [1.29, 1.82) is 0 Å². The Hall–Kier alpha value is -2.34. The zero-order valence-corrected chi connectivity index (χ0v) is 13.8. The standard InChI is InChI=1S/C18H22N4O2/c1-13-12-16(21-20-13)17(23)22-9-6-18(7-10-22)14-4-2-3-5-15(14)19-8-11-24-18/h2-5,12,19H,6-11H2,1H3,(H,20,21). The molecule has 1 fully saturated rings. The summed E-state index contributed by atoms with van der Waals surface area (Å²) in [5, 5.41) is 10.4. The van der Waals surface area contributed by atoms with Gasteiger partial charge >= 0.3 is 0 Å². The first-order valence-corrected chi connectivity index (χ1v) is 8.47. The highest BCUT2D eigenvalue weighted by molar-refractivity contribution is 5.92. The van der Waals surface area contributed by atoms with Crippen LogP contribution in [0.2, 0.25) is 0 Å². The molecule has 1 saturated heterocycles. The molecule has 2 aliphatic rings. The Balaban J connectivity index is 1.54. The van der Waals surface area contributed by atoms with Crippen LogP contribution in [0.5, 0.6) is 0 Å². The van der Waals surface area contributed by atoms with Gasteiger partial charge < -0.3 is 15.0 Å². The van der Waals surface area contributed by atoms with Gasteiger partial charge in [0.15, 0.2) is 0 Å². The molecule has 2 N–H and O–H groups in total. The van der Waals surface area contributed by atoms with Crippen molar-refractivity contribution in [2.75, 3.05) is 31.6 Å². The van der Waals surface area contributed by atoms with Crippen LogP contribution in [0.25, 0.3) is 0 Å². The number of likely N-dealkylation sites (tertiary alicyclic amines) is 1. The predicted octanol–water partition coefficient (Wildman–Crippen LogP) is 2.29. The maximum Gasteiger partial charge on any atom is 0.274 e. The van der Waals surface area contributed by atoms with E-state index in [-0.39, 0.29) is 11.5 Å². The number of nitrogens with one attached hydrogen (secondary N) is 2. The number of hydrogen-bond acceptors (Lipinski definition) is 4. The molecule has 3 heterocycles. The Kier molecular flexibility index (Phi) is 3.76. The van der Waals surface area contributed by atoms with Gasteiger partial charge in [-0.05, 0) is 31.9 Å². The second-order valence-corrected chi connectivity index (χ2v) is 6.54. The number of aromatic amines is 1. The van der Waals surface area contributed by atoms with Gasteiger partial charge in [-0.2, -0.15) is 5.10 Å². The fraction of sp³-hybridized carbons (Fsp3) is 0.444. The predicted molar refractivity (Wildman–Crippen MR) is 91.0 cm³/mol. The number of para-hydroxylation sites is 1. The average Bonchev–Trinajstić information content (AvgIpc) is 2.97. The van der Waals surface area contributed by atoms with E-state index < -0.39 is 0 Å². The van der Waals surface area contributed by atoms with E-state index in [1.54, 1.807) is 6.07 Å². The van der Waals surface area contributed by atoms with Crippen LogP contribution >= 0.6 is 0 Å². The fourth-order valence-corrected chi connectivity index (χ4v) is 3.72. The summed E-state index contributed by atoms with van der Waals surface area (Å²) >= 11 is 0. The van der Waals surface area contributed by atoms with Crippen LogP contribution in [0, 0.1) is 6.92 Å². The van der Waals surface area contributed by atoms with E-state index in [0.29, 0.717) is 25.4 Å². The number of amides is 1. The molecule has 1 amide bonds. The highest BCUT2D eigenvalue weighted by Gasteiger charge is 2.41. The Morgan fingerprint density at radius 1 is 1.29 bits per heavy atom. The first kappa shape index (κ1) is 15.2. The first-order valence-electron chi connectivity index (χ1n) is 8.47. The highest BCUT2D eigenvalue weighted by Crippen LogP contribution is 2.41. The topological polar surface area (TPSA) is 70.2 Å². The molecule has 0 atom stereocenters. The summed E-state index contributed by atoms with van der Waals surface area (Å²) in [5.41, 5.74) is 3.47. The van der Waals surface area contributed by atoms with Crippen molar-refractivity contribution in [3.05, 3.63) is 47.3 Å². The van der Waals surface area contributed by atoms with E-state index in [2.05, 4.69) is 33.7 Å². The van der Waals surface area contributed by atoms with E-state index in [0.717, 1.165) is 30.8 Å². The number of nitrogens with zero attached hydrogens (tertiary/aromatic N) is 2. The molecule has 2 aromatic rings. The van der Waals surface area contributed by atoms with Crippen LogP contribution in [0.4, 0.5) is 5.69 Å². The van der Waals surface area contributed by atoms with Gasteiger partial charge in [0.2, 0.25) is 0 Å². The molecule has 4 rings (SSSR count). The average molecular weight is 326 g/mol. The molecule has 1 aromatic heterocycles. The maximum absolute atomic E-state index is 12.6. The number of carbonyl (C=O) groups is 1. The van der Waals surface area contributed by atoms with E-state index in [9.17, 15) is 4.79 Å². The molecule has 0 saturated carbocycles. The van der Waals surface area contributed by atoms with Crippen molar-refractivity contribution in [2.24, 2.45) is 0 Å². The fourth-order valence-electron chi connectivity index (χ4n) is 3.72. The highest BCUT2D eigenvalue weighted by atomic mass is 16.5. The summed E-state index contributed by atoms with van der Waals surface area (Å²) < 4.78 is 6.27. The molecule has 0 aliphatic carbocycles. The number of benzene rings is 1. The Morgan fingerprint density at radius 3 is 2.83 bits per heavy atom. The molecule has 2 aliphatic heterocycles. The number of aromatic nitrogens is 2. The quantitative estimate of drug-likeness (QED) is 0.843. The summed E-state index contributed by atoms with van der Waals surface area (Å²) in [4.78, 5) is 14.5. The minimum atomic E-state index is -0.293. The molecule has 1 spiro atoms. The van der Waals surface area contributed by atoms with Crippen molar-refractivity contribution in [1.82, 2.24) is 15.1 Å². The molecule has 0 radical (unpaired) electrons. The summed E-state index contributed by atoms with van der Waals surface area (Å²) in [7, 11) is 0. The number of fused-ring (bicyclic) bond motifs is 2. The number of anilines is 1. The lowest BCUT2D eigenvalue weighted by Gasteiger charge is -2.41. The van der Waals surface area contributed by atoms with E-state index in [1.807, 2.05) is 17.9 Å². The Morgan fingerprint density at radius 2 is 2.08 bits per heavy atom. The number of aryl methyl sites for hydroxylation is 1. The molecule has 0 bridgehead atoms. The van der Waals surface area contributed by atoms with Gasteiger partial charge in [-0.3, -0.25) is 9.89 Å². The second-order valence-electron chi connectivity index (χ2n) is 6.54. The van der Waals surface area contributed by atoms with Crippen molar-refractivity contribution in [2.45, 2.75) is 25.4 Å². The molecule has 1 aromatic carbocycles. The SMILES string of the molecule is Cc1cc(C(=O)N2CCC3(CC2)OCCNc2ccccc23)n[nH]1. The van der Waals surface area contributed by atoms with Crippen LogP contribution in [-0.2, 0) is 10.3 Å². The van der Waals surface area contributed by atoms with Crippen molar-refractivity contribution in [3.8, 4) is 0 Å². The molecular weight excluding hydrogens is 304 g/mol. The van der Waals surface area contributed by atoms with Gasteiger partial charge in [0.05, 0.1) is 12.2 Å². The largest absolute Gasteiger partial charge is 0.382 e. The van der Waals surface area contributed by atoms with Crippen LogP contribution in [0.15, 0.2) is 30.3 Å². The number of ether oxygens (including phenoxy) is 1. The third-order valence-electron chi connectivity index (χ3n) is 5.00. The molecule has 24 heavy (non-hydrogen) atoms. The molecular formula is C18H22N4O2. The third-order valence-corrected chi connectivity index (χ3v) is 5.00. The third kappa shape index (κ3) is 2.57. The van der Waals surface area contributed by atoms with Crippen LogP contribution in [0.1, 0.15) is 34.6 Å². The molecule has 0 unspecified atom stereocenters. The van der Waals surface area contributed by atoms with Gasteiger partial charge in [0.25, 0.3) is 5.91 Å². The number of carbonyl (C=O) groups excluding carboxylic acids is 1.